The van der Waals surface area contributed by atoms with Crippen LogP contribution < -0.4 is 0 Å². The van der Waals surface area contributed by atoms with Gasteiger partial charge in [-0.1, -0.05) is 12.1 Å². The van der Waals surface area contributed by atoms with Crippen molar-refractivity contribution < 1.29 is 27.5 Å². The van der Waals surface area contributed by atoms with E-state index in [9.17, 15) is 22.8 Å². The van der Waals surface area contributed by atoms with Crippen LogP contribution in [0.2, 0.25) is 0 Å². The smallest absolute Gasteiger partial charge is 0.416 e. The second kappa shape index (κ2) is 7.90. The minimum absolute atomic E-state index is 0.226. The number of aromatic nitrogens is 1. The average Bonchev–Trinajstić information content (AvgIpc) is 3.30. The van der Waals surface area contributed by atoms with E-state index in [0.717, 1.165) is 36.3 Å². The molecule has 1 aromatic carbocycles. The minimum atomic E-state index is -4.41. The van der Waals surface area contributed by atoms with E-state index >= 15 is 0 Å². The fraction of sp³-hybridized carbons (Fsp3) is 0.421. The van der Waals surface area contributed by atoms with E-state index < -0.39 is 23.8 Å². The molecule has 1 saturated heterocycles. The fourth-order valence-electron chi connectivity index (χ4n) is 2.97. The highest BCUT2D eigenvalue weighted by atomic mass is 32.1. The zero-order valence-electron chi connectivity index (χ0n) is 15.4. The average molecular weight is 412 g/mol. The minimum Gasteiger partial charge on any atom is -0.448 e. The number of carbonyl (C=O) groups excluding carboxylic acids is 2. The lowest BCUT2D eigenvalue weighted by atomic mass is 10.1. The molecule has 1 atom stereocenters. The molecule has 3 rings (SSSR count). The third-order valence-corrected chi connectivity index (χ3v) is 5.68. The molecule has 0 bridgehead atoms. The van der Waals surface area contributed by atoms with Crippen LogP contribution in [0.1, 0.15) is 40.7 Å². The van der Waals surface area contributed by atoms with Gasteiger partial charge >= 0.3 is 12.1 Å². The lowest BCUT2D eigenvalue weighted by Gasteiger charge is -2.20. The number of carbonyl (C=O) groups is 2. The molecule has 2 aromatic rings. The van der Waals surface area contributed by atoms with Gasteiger partial charge in [0.1, 0.15) is 9.88 Å². The van der Waals surface area contributed by atoms with E-state index in [2.05, 4.69) is 4.98 Å². The van der Waals surface area contributed by atoms with Crippen LogP contribution in [0.15, 0.2) is 24.3 Å². The summed E-state index contributed by atoms with van der Waals surface area (Å²) in [6.45, 7) is 4.48. The number of thiazole rings is 1. The molecule has 150 valence electrons. The molecule has 0 saturated carbocycles. The summed E-state index contributed by atoms with van der Waals surface area (Å²) in [6.07, 6.45) is -3.43. The first kappa shape index (κ1) is 20.3. The van der Waals surface area contributed by atoms with Crippen molar-refractivity contribution in [1.82, 2.24) is 9.88 Å². The molecule has 9 heteroatoms. The number of esters is 1. The van der Waals surface area contributed by atoms with Crippen LogP contribution in [0.4, 0.5) is 13.2 Å². The van der Waals surface area contributed by atoms with E-state index in [1.807, 2.05) is 0 Å². The highest BCUT2D eigenvalue weighted by Crippen LogP contribution is 2.33. The molecule has 1 amide bonds. The van der Waals surface area contributed by atoms with Gasteiger partial charge in [0.15, 0.2) is 6.10 Å². The topological polar surface area (TPSA) is 59.5 Å². The van der Waals surface area contributed by atoms with Gasteiger partial charge in [-0.3, -0.25) is 4.79 Å². The molecule has 28 heavy (non-hydrogen) atoms. The lowest BCUT2D eigenvalue weighted by Crippen LogP contribution is -2.38. The molecular weight excluding hydrogens is 393 g/mol. The number of likely N-dealkylation sites (tertiary alicyclic amines) is 1. The van der Waals surface area contributed by atoms with Gasteiger partial charge < -0.3 is 9.64 Å². The maximum Gasteiger partial charge on any atom is 0.416 e. The highest BCUT2D eigenvalue weighted by Gasteiger charge is 2.30. The molecule has 1 aliphatic rings. The number of ether oxygens (including phenoxy) is 1. The first-order valence-electron chi connectivity index (χ1n) is 8.81. The SMILES string of the molecule is Cc1nc(-c2ccc(C(F)(F)F)cc2)sc1C(=O)OC(C)C(=O)N1CCCC1. The Morgan fingerprint density at radius 3 is 2.36 bits per heavy atom. The quantitative estimate of drug-likeness (QED) is 0.703. The van der Waals surface area contributed by atoms with Gasteiger partial charge in [-0.2, -0.15) is 13.2 Å². The monoisotopic (exact) mass is 412 g/mol. The van der Waals surface area contributed by atoms with Gasteiger partial charge in [-0.15, -0.1) is 11.3 Å². The number of nitrogens with zero attached hydrogens (tertiary/aromatic N) is 2. The third-order valence-electron chi connectivity index (χ3n) is 4.49. The first-order valence-corrected chi connectivity index (χ1v) is 9.63. The summed E-state index contributed by atoms with van der Waals surface area (Å²) in [6, 6.07) is 4.58. The largest absolute Gasteiger partial charge is 0.448 e. The number of aryl methyl sites for hydroxylation is 1. The molecule has 0 radical (unpaired) electrons. The fourth-order valence-corrected chi connectivity index (χ4v) is 3.92. The molecule has 0 spiro atoms. The normalized spacial score (nSPS) is 15.5. The second-order valence-electron chi connectivity index (χ2n) is 6.59. The number of amides is 1. The van der Waals surface area contributed by atoms with Crippen molar-refractivity contribution in [2.75, 3.05) is 13.1 Å². The Hall–Kier alpha value is -2.42. The zero-order valence-corrected chi connectivity index (χ0v) is 16.2. The summed E-state index contributed by atoms with van der Waals surface area (Å²) in [5.74, 6) is -0.885. The Labute approximate surface area is 164 Å². The molecular formula is C19H19F3N2O3S. The van der Waals surface area contributed by atoms with Crippen molar-refractivity contribution in [2.24, 2.45) is 0 Å². The molecule has 0 aliphatic carbocycles. The van der Waals surface area contributed by atoms with Crippen molar-refractivity contribution in [3.8, 4) is 10.6 Å². The van der Waals surface area contributed by atoms with Crippen molar-refractivity contribution in [3.63, 3.8) is 0 Å². The van der Waals surface area contributed by atoms with Gasteiger partial charge in [0.05, 0.1) is 11.3 Å². The van der Waals surface area contributed by atoms with E-state index in [-0.39, 0.29) is 10.8 Å². The van der Waals surface area contributed by atoms with Gasteiger partial charge in [-0.05, 0) is 38.8 Å². The Kier molecular flexibility index (Phi) is 5.74. The van der Waals surface area contributed by atoms with Crippen LogP contribution in [-0.2, 0) is 15.7 Å². The third kappa shape index (κ3) is 4.35. The summed E-state index contributed by atoms with van der Waals surface area (Å²) in [4.78, 5) is 30.9. The van der Waals surface area contributed by atoms with Crippen molar-refractivity contribution in [2.45, 2.75) is 39.0 Å². The summed E-state index contributed by atoms with van der Waals surface area (Å²) >= 11 is 1.03. The molecule has 1 fully saturated rings. The summed E-state index contributed by atoms with van der Waals surface area (Å²) in [5.41, 5.74) is 0.130. The Bertz CT molecular complexity index is 872. The van der Waals surface area contributed by atoms with Crippen molar-refractivity contribution in [1.29, 1.82) is 0 Å². The molecule has 0 N–H and O–H groups in total. The van der Waals surface area contributed by atoms with Gasteiger partial charge in [-0.25, -0.2) is 9.78 Å². The molecule has 1 unspecified atom stereocenters. The van der Waals surface area contributed by atoms with Crippen molar-refractivity contribution >= 4 is 23.2 Å². The van der Waals surface area contributed by atoms with Crippen LogP contribution in [0, 0.1) is 6.92 Å². The predicted octanol–water partition coefficient (Wildman–Crippen LogP) is 4.31. The van der Waals surface area contributed by atoms with Crippen LogP contribution >= 0.6 is 11.3 Å². The molecule has 2 heterocycles. The number of hydrogen-bond acceptors (Lipinski definition) is 5. The van der Waals surface area contributed by atoms with E-state index in [4.69, 9.17) is 4.74 Å². The van der Waals surface area contributed by atoms with E-state index in [0.29, 0.717) is 29.4 Å². The Morgan fingerprint density at radius 2 is 1.79 bits per heavy atom. The number of halogens is 3. The van der Waals surface area contributed by atoms with Crippen molar-refractivity contribution in [3.05, 3.63) is 40.4 Å². The summed E-state index contributed by atoms with van der Waals surface area (Å²) in [7, 11) is 0. The Morgan fingerprint density at radius 1 is 1.18 bits per heavy atom. The Balaban J connectivity index is 1.72. The number of hydrogen-bond donors (Lipinski definition) is 0. The second-order valence-corrected chi connectivity index (χ2v) is 7.59. The molecule has 1 aliphatic heterocycles. The number of alkyl halides is 3. The number of rotatable bonds is 4. The first-order chi connectivity index (χ1) is 13.2. The highest BCUT2D eigenvalue weighted by molar-refractivity contribution is 7.17. The van der Waals surface area contributed by atoms with Crippen LogP contribution in [-0.4, -0.2) is 41.0 Å². The van der Waals surface area contributed by atoms with Gasteiger partial charge in [0, 0.05) is 18.7 Å². The summed E-state index contributed by atoms with van der Waals surface area (Å²) in [5, 5.41) is 0.414. The van der Waals surface area contributed by atoms with E-state index in [1.54, 1.807) is 11.8 Å². The van der Waals surface area contributed by atoms with E-state index in [1.165, 1.54) is 19.1 Å². The molecule has 5 nitrogen and oxygen atoms in total. The predicted molar refractivity (Wildman–Crippen MR) is 98.0 cm³/mol. The molecule has 1 aromatic heterocycles. The van der Waals surface area contributed by atoms with Crippen LogP contribution in [0.3, 0.4) is 0 Å². The summed E-state index contributed by atoms with van der Waals surface area (Å²) < 4.78 is 43.4. The lowest BCUT2D eigenvalue weighted by molar-refractivity contribution is -0.138. The maximum atomic E-state index is 12.7. The van der Waals surface area contributed by atoms with Crippen LogP contribution in [0.25, 0.3) is 10.6 Å². The van der Waals surface area contributed by atoms with Crippen LogP contribution in [0.5, 0.6) is 0 Å². The van der Waals surface area contributed by atoms with Gasteiger partial charge in [0.2, 0.25) is 0 Å². The standard InChI is InChI=1S/C19H19F3N2O3S/c1-11-15(18(26)27-12(2)17(25)24-9-3-4-10-24)28-16(23-11)13-5-7-14(8-6-13)19(20,21)22/h5-8,12H,3-4,9-10H2,1-2H3. The maximum absolute atomic E-state index is 12.7. The van der Waals surface area contributed by atoms with Gasteiger partial charge in [0.25, 0.3) is 5.91 Å². The zero-order chi connectivity index (χ0) is 20.5. The number of benzene rings is 1.